The Balaban J connectivity index is 1.65. The Bertz CT molecular complexity index is 294. The summed E-state index contributed by atoms with van der Waals surface area (Å²) in [6.07, 6.45) is 13.1. The number of rotatable bonds is 5. The van der Waals surface area contributed by atoms with Crippen molar-refractivity contribution in [1.82, 2.24) is 15.3 Å². The molecule has 1 fully saturated rings. The van der Waals surface area contributed by atoms with Gasteiger partial charge in [0.15, 0.2) is 0 Å². The van der Waals surface area contributed by atoms with E-state index in [4.69, 9.17) is 0 Å². The first-order valence-corrected chi connectivity index (χ1v) is 7.10. The summed E-state index contributed by atoms with van der Waals surface area (Å²) in [5.41, 5.74) is 0. The van der Waals surface area contributed by atoms with E-state index in [1.165, 1.54) is 38.5 Å². The molecular weight excluding hydrogens is 210 g/mol. The third kappa shape index (κ3) is 4.15. The van der Waals surface area contributed by atoms with E-state index in [1.807, 2.05) is 12.4 Å². The summed E-state index contributed by atoms with van der Waals surface area (Å²) in [5.74, 6) is 2.07. The molecule has 1 aromatic rings. The van der Waals surface area contributed by atoms with E-state index in [0.29, 0.717) is 0 Å². The van der Waals surface area contributed by atoms with Crippen LogP contribution in [0.4, 0.5) is 0 Å². The number of hydrogen-bond donors (Lipinski definition) is 2. The normalized spacial score (nSPS) is 25.7. The van der Waals surface area contributed by atoms with Gasteiger partial charge in [0, 0.05) is 31.4 Å². The lowest BCUT2D eigenvalue weighted by molar-refractivity contribution is 0.426. The zero-order chi connectivity index (χ0) is 11.9. The maximum absolute atomic E-state index is 4.25. The predicted molar refractivity (Wildman–Crippen MR) is 70.9 cm³/mol. The highest BCUT2D eigenvalue weighted by molar-refractivity contribution is 4.88. The van der Waals surface area contributed by atoms with E-state index < -0.39 is 0 Å². The monoisotopic (exact) mass is 235 g/mol. The highest BCUT2D eigenvalue weighted by atomic mass is 14.9. The zero-order valence-corrected chi connectivity index (χ0v) is 10.9. The lowest BCUT2D eigenvalue weighted by Gasteiger charge is -2.16. The Morgan fingerprint density at radius 1 is 1.35 bits per heavy atom. The zero-order valence-electron chi connectivity index (χ0n) is 10.9. The maximum Gasteiger partial charge on any atom is 0.107 e. The van der Waals surface area contributed by atoms with Gasteiger partial charge in [-0.15, -0.1) is 0 Å². The molecule has 1 aliphatic carbocycles. The van der Waals surface area contributed by atoms with Crippen LogP contribution in [-0.4, -0.2) is 22.6 Å². The van der Waals surface area contributed by atoms with E-state index in [9.17, 15) is 0 Å². The van der Waals surface area contributed by atoms with Gasteiger partial charge in [-0.1, -0.05) is 26.2 Å². The largest absolute Gasteiger partial charge is 0.349 e. The highest BCUT2D eigenvalue weighted by Gasteiger charge is 2.16. The molecule has 0 saturated heterocycles. The maximum atomic E-state index is 4.25. The second kappa shape index (κ2) is 6.80. The molecule has 1 heterocycles. The van der Waals surface area contributed by atoms with Gasteiger partial charge in [0.2, 0.25) is 0 Å². The first kappa shape index (κ1) is 12.6. The van der Waals surface area contributed by atoms with Crippen molar-refractivity contribution in [2.45, 2.75) is 57.9 Å². The van der Waals surface area contributed by atoms with Crippen LogP contribution in [0, 0.1) is 5.92 Å². The van der Waals surface area contributed by atoms with E-state index in [2.05, 4.69) is 22.2 Å². The molecule has 17 heavy (non-hydrogen) atoms. The molecule has 96 valence electrons. The third-order valence-corrected chi connectivity index (χ3v) is 4.02. The summed E-state index contributed by atoms with van der Waals surface area (Å²) in [7, 11) is 0. The number of aromatic amines is 1. The number of nitrogens with zero attached hydrogens (tertiary/aromatic N) is 1. The van der Waals surface area contributed by atoms with E-state index in [1.54, 1.807) is 0 Å². The number of nitrogens with one attached hydrogen (secondary N) is 2. The van der Waals surface area contributed by atoms with Crippen LogP contribution in [0.25, 0.3) is 0 Å². The van der Waals surface area contributed by atoms with Crippen molar-refractivity contribution in [3.8, 4) is 0 Å². The Hall–Kier alpha value is -0.830. The van der Waals surface area contributed by atoms with Crippen molar-refractivity contribution in [3.63, 3.8) is 0 Å². The van der Waals surface area contributed by atoms with Crippen molar-refractivity contribution < 1.29 is 0 Å². The van der Waals surface area contributed by atoms with E-state index in [-0.39, 0.29) is 0 Å². The molecule has 0 bridgehead atoms. The Morgan fingerprint density at radius 3 is 3.06 bits per heavy atom. The summed E-state index contributed by atoms with van der Waals surface area (Å²) in [4.78, 5) is 7.40. The van der Waals surface area contributed by atoms with Gasteiger partial charge in [0.25, 0.3) is 0 Å². The minimum Gasteiger partial charge on any atom is -0.349 e. The second-order valence-corrected chi connectivity index (χ2v) is 5.22. The van der Waals surface area contributed by atoms with Gasteiger partial charge < -0.3 is 10.3 Å². The van der Waals surface area contributed by atoms with Gasteiger partial charge >= 0.3 is 0 Å². The number of imidazole rings is 1. The van der Waals surface area contributed by atoms with Gasteiger partial charge in [0.1, 0.15) is 5.82 Å². The van der Waals surface area contributed by atoms with Crippen LogP contribution >= 0.6 is 0 Å². The Morgan fingerprint density at radius 2 is 2.29 bits per heavy atom. The molecule has 0 spiro atoms. The highest BCUT2D eigenvalue weighted by Crippen LogP contribution is 2.25. The molecule has 2 unspecified atom stereocenters. The Labute approximate surface area is 104 Å². The van der Waals surface area contributed by atoms with Gasteiger partial charge in [-0.05, 0) is 25.2 Å². The SMILES string of the molecule is CCC1CCCC(NCCc2ncc[nH]2)CC1. The third-order valence-electron chi connectivity index (χ3n) is 4.02. The molecule has 3 nitrogen and oxygen atoms in total. The van der Waals surface area contributed by atoms with Gasteiger partial charge in [-0.25, -0.2) is 4.98 Å². The van der Waals surface area contributed by atoms with Crippen molar-refractivity contribution in [2.75, 3.05) is 6.54 Å². The van der Waals surface area contributed by atoms with Crippen LogP contribution < -0.4 is 5.32 Å². The van der Waals surface area contributed by atoms with E-state index in [0.717, 1.165) is 30.7 Å². The molecule has 1 saturated carbocycles. The molecule has 2 rings (SSSR count). The van der Waals surface area contributed by atoms with Crippen LogP contribution in [-0.2, 0) is 6.42 Å². The fourth-order valence-corrected chi connectivity index (χ4v) is 2.82. The van der Waals surface area contributed by atoms with Crippen molar-refractivity contribution >= 4 is 0 Å². The van der Waals surface area contributed by atoms with Crippen LogP contribution in [0.3, 0.4) is 0 Å². The molecule has 1 aliphatic rings. The van der Waals surface area contributed by atoms with E-state index >= 15 is 0 Å². The van der Waals surface area contributed by atoms with Crippen molar-refractivity contribution in [3.05, 3.63) is 18.2 Å². The molecule has 0 radical (unpaired) electrons. The van der Waals surface area contributed by atoms with Crippen LogP contribution in [0.2, 0.25) is 0 Å². The first-order chi connectivity index (χ1) is 8.38. The minimum absolute atomic E-state index is 0.738. The molecule has 2 atom stereocenters. The van der Waals surface area contributed by atoms with Crippen LogP contribution in [0.5, 0.6) is 0 Å². The standard InChI is InChI=1S/C14H25N3/c1-2-12-4-3-5-13(7-6-12)15-9-8-14-16-10-11-17-14/h10-13,15H,2-9H2,1H3,(H,16,17). The molecular formula is C14H25N3. The summed E-state index contributed by atoms with van der Waals surface area (Å²) < 4.78 is 0. The average molecular weight is 235 g/mol. The first-order valence-electron chi connectivity index (χ1n) is 7.10. The fraction of sp³-hybridized carbons (Fsp3) is 0.786. The minimum atomic E-state index is 0.738. The van der Waals surface area contributed by atoms with Gasteiger partial charge in [-0.2, -0.15) is 0 Å². The topological polar surface area (TPSA) is 40.7 Å². The molecule has 0 aliphatic heterocycles. The molecule has 1 aromatic heterocycles. The van der Waals surface area contributed by atoms with Crippen molar-refractivity contribution in [1.29, 1.82) is 0 Å². The van der Waals surface area contributed by atoms with Crippen LogP contribution in [0.1, 0.15) is 51.3 Å². The fourth-order valence-electron chi connectivity index (χ4n) is 2.82. The second-order valence-electron chi connectivity index (χ2n) is 5.22. The summed E-state index contributed by atoms with van der Waals surface area (Å²) in [6.45, 7) is 3.38. The number of H-pyrrole nitrogens is 1. The smallest absolute Gasteiger partial charge is 0.107 e. The lowest BCUT2D eigenvalue weighted by atomic mass is 9.98. The summed E-state index contributed by atoms with van der Waals surface area (Å²) >= 11 is 0. The average Bonchev–Trinajstić information content (AvgIpc) is 2.75. The Kier molecular flexibility index (Phi) is 5.05. The molecule has 3 heteroatoms. The predicted octanol–water partition coefficient (Wildman–Crippen LogP) is 2.90. The summed E-state index contributed by atoms with van der Waals surface area (Å²) in [5, 5.41) is 3.68. The quantitative estimate of drug-likeness (QED) is 0.770. The molecule has 0 amide bonds. The van der Waals surface area contributed by atoms with Gasteiger partial charge in [-0.3, -0.25) is 0 Å². The number of hydrogen-bond acceptors (Lipinski definition) is 2. The molecule has 2 N–H and O–H groups in total. The number of aromatic nitrogens is 2. The van der Waals surface area contributed by atoms with Crippen LogP contribution in [0.15, 0.2) is 12.4 Å². The molecule has 0 aromatic carbocycles. The van der Waals surface area contributed by atoms with Gasteiger partial charge in [0.05, 0.1) is 0 Å². The van der Waals surface area contributed by atoms with Crippen molar-refractivity contribution in [2.24, 2.45) is 5.92 Å². The summed E-state index contributed by atoms with van der Waals surface area (Å²) in [6, 6.07) is 0.738. The lowest BCUT2D eigenvalue weighted by Crippen LogP contribution is -2.30.